The highest BCUT2D eigenvalue weighted by atomic mass is 32.1. The molecule has 4 nitrogen and oxygen atoms in total. The van der Waals surface area contributed by atoms with Crippen LogP contribution in [0.3, 0.4) is 0 Å². The molecule has 1 aromatic carbocycles. The lowest BCUT2D eigenvalue weighted by Crippen LogP contribution is -2.32. The van der Waals surface area contributed by atoms with Gasteiger partial charge in [0.15, 0.2) is 0 Å². The third-order valence-electron chi connectivity index (χ3n) is 3.37. The Labute approximate surface area is 126 Å². The largest absolute Gasteiger partial charge is 0.469 e. The summed E-state index contributed by atoms with van der Waals surface area (Å²) in [6.07, 6.45) is 3.34. The van der Waals surface area contributed by atoms with Crippen LogP contribution >= 0.6 is 11.3 Å². The standard InChI is InChI=1S/C16H16N2O2S/c1-11(4-6-13-3-2-8-20-13)18-16(19)12-5-7-14-15(9-12)21-10-17-14/h2-3,5,7-11H,4,6H2,1H3,(H,18,19). The van der Waals surface area contributed by atoms with Crippen LogP contribution in [0.25, 0.3) is 10.2 Å². The number of carbonyl (C=O) groups is 1. The second-order valence-corrected chi connectivity index (χ2v) is 5.91. The van der Waals surface area contributed by atoms with Gasteiger partial charge in [0.05, 0.1) is 22.0 Å². The summed E-state index contributed by atoms with van der Waals surface area (Å²) in [4.78, 5) is 16.4. The maximum absolute atomic E-state index is 12.2. The van der Waals surface area contributed by atoms with Crippen LogP contribution in [0, 0.1) is 0 Å². The zero-order valence-corrected chi connectivity index (χ0v) is 12.5. The van der Waals surface area contributed by atoms with E-state index in [4.69, 9.17) is 4.42 Å². The van der Waals surface area contributed by atoms with Gasteiger partial charge in [0.25, 0.3) is 5.91 Å². The minimum atomic E-state index is -0.0442. The fourth-order valence-electron chi connectivity index (χ4n) is 2.19. The van der Waals surface area contributed by atoms with Crippen molar-refractivity contribution in [3.63, 3.8) is 0 Å². The van der Waals surface area contributed by atoms with Crippen molar-refractivity contribution in [2.45, 2.75) is 25.8 Å². The molecule has 0 aliphatic heterocycles. The van der Waals surface area contributed by atoms with Crippen LogP contribution in [-0.4, -0.2) is 16.9 Å². The molecule has 2 aromatic heterocycles. The second-order valence-electron chi connectivity index (χ2n) is 5.03. The molecule has 0 saturated heterocycles. The van der Waals surface area contributed by atoms with E-state index < -0.39 is 0 Å². The van der Waals surface area contributed by atoms with Gasteiger partial charge in [-0.2, -0.15) is 0 Å². The molecule has 0 fully saturated rings. The van der Waals surface area contributed by atoms with Gasteiger partial charge in [0, 0.05) is 18.0 Å². The van der Waals surface area contributed by atoms with Crippen LogP contribution in [0.2, 0.25) is 0 Å². The van der Waals surface area contributed by atoms with E-state index in [0.29, 0.717) is 5.56 Å². The predicted molar refractivity (Wildman–Crippen MR) is 83.6 cm³/mol. The molecule has 1 N–H and O–H groups in total. The topological polar surface area (TPSA) is 55.1 Å². The smallest absolute Gasteiger partial charge is 0.251 e. The molecule has 1 amide bonds. The average molecular weight is 300 g/mol. The Morgan fingerprint density at radius 2 is 2.33 bits per heavy atom. The molecule has 0 aliphatic carbocycles. The zero-order valence-electron chi connectivity index (χ0n) is 11.7. The molecule has 3 rings (SSSR count). The molecular formula is C16H16N2O2S. The number of nitrogens with one attached hydrogen (secondary N) is 1. The van der Waals surface area contributed by atoms with Gasteiger partial charge in [0.2, 0.25) is 0 Å². The van der Waals surface area contributed by atoms with Gasteiger partial charge < -0.3 is 9.73 Å². The number of benzene rings is 1. The van der Waals surface area contributed by atoms with Crippen LogP contribution in [0.15, 0.2) is 46.5 Å². The molecule has 3 aromatic rings. The first kappa shape index (κ1) is 13.8. The summed E-state index contributed by atoms with van der Waals surface area (Å²) in [6.45, 7) is 2.01. The van der Waals surface area contributed by atoms with Crippen molar-refractivity contribution in [2.24, 2.45) is 0 Å². The first-order valence-corrected chi connectivity index (χ1v) is 7.77. The number of aryl methyl sites for hydroxylation is 1. The summed E-state index contributed by atoms with van der Waals surface area (Å²) in [5, 5.41) is 3.02. The van der Waals surface area contributed by atoms with E-state index in [-0.39, 0.29) is 11.9 Å². The van der Waals surface area contributed by atoms with Crippen molar-refractivity contribution in [3.8, 4) is 0 Å². The normalized spacial score (nSPS) is 12.4. The number of aromatic nitrogens is 1. The average Bonchev–Trinajstić information content (AvgIpc) is 3.15. The lowest BCUT2D eigenvalue weighted by Gasteiger charge is -2.13. The number of rotatable bonds is 5. The molecule has 0 spiro atoms. The minimum absolute atomic E-state index is 0.0442. The van der Waals surface area contributed by atoms with Crippen LogP contribution in [0.5, 0.6) is 0 Å². The highest BCUT2D eigenvalue weighted by Crippen LogP contribution is 2.19. The van der Waals surface area contributed by atoms with E-state index in [0.717, 1.165) is 28.8 Å². The van der Waals surface area contributed by atoms with Gasteiger partial charge in [-0.05, 0) is 43.7 Å². The molecule has 0 aliphatic rings. The van der Waals surface area contributed by atoms with Crippen LogP contribution < -0.4 is 5.32 Å². The summed E-state index contributed by atoms with van der Waals surface area (Å²) in [5.74, 6) is 0.902. The van der Waals surface area contributed by atoms with Crippen molar-refractivity contribution in [1.82, 2.24) is 10.3 Å². The van der Waals surface area contributed by atoms with Crippen molar-refractivity contribution in [1.29, 1.82) is 0 Å². The molecule has 5 heteroatoms. The summed E-state index contributed by atoms with van der Waals surface area (Å²) >= 11 is 1.54. The third-order valence-corrected chi connectivity index (χ3v) is 4.17. The molecule has 0 bridgehead atoms. The number of amides is 1. The van der Waals surface area contributed by atoms with Gasteiger partial charge in [0.1, 0.15) is 5.76 Å². The maximum atomic E-state index is 12.2. The number of hydrogen-bond donors (Lipinski definition) is 1. The van der Waals surface area contributed by atoms with Gasteiger partial charge in [-0.3, -0.25) is 4.79 Å². The fraction of sp³-hybridized carbons (Fsp3) is 0.250. The number of carbonyl (C=O) groups excluding carboxylic acids is 1. The van der Waals surface area contributed by atoms with Gasteiger partial charge in [-0.1, -0.05) is 0 Å². The SMILES string of the molecule is CC(CCc1ccco1)NC(=O)c1ccc2ncsc2c1. The number of nitrogens with zero attached hydrogens (tertiary/aromatic N) is 1. The van der Waals surface area contributed by atoms with Gasteiger partial charge in [-0.25, -0.2) is 4.98 Å². The Bertz CT molecular complexity index is 734. The molecule has 108 valence electrons. The van der Waals surface area contributed by atoms with E-state index in [2.05, 4.69) is 10.3 Å². The van der Waals surface area contributed by atoms with Gasteiger partial charge in [-0.15, -0.1) is 11.3 Å². The van der Waals surface area contributed by atoms with Crippen LogP contribution in [0.4, 0.5) is 0 Å². The highest BCUT2D eigenvalue weighted by Gasteiger charge is 2.11. The fourth-order valence-corrected chi connectivity index (χ4v) is 2.91. The monoisotopic (exact) mass is 300 g/mol. The van der Waals surface area contributed by atoms with E-state index in [1.165, 1.54) is 0 Å². The molecule has 0 radical (unpaired) electrons. The molecule has 0 saturated carbocycles. The Morgan fingerprint density at radius 3 is 3.14 bits per heavy atom. The van der Waals surface area contributed by atoms with E-state index in [9.17, 15) is 4.79 Å². The lowest BCUT2D eigenvalue weighted by molar-refractivity contribution is 0.0938. The molecule has 21 heavy (non-hydrogen) atoms. The zero-order chi connectivity index (χ0) is 14.7. The Hall–Kier alpha value is -2.14. The van der Waals surface area contributed by atoms with Gasteiger partial charge >= 0.3 is 0 Å². The lowest BCUT2D eigenvalue weighted by atomic mass is 10.1. The quantitative estimate of drug-likeness (QED) is 0.782. The minimum Gasteiger partial charge on any atom is -0.469 e. The first-order chi connectivity index (χ1) is 10.2. The summed E-state index contributed by atoms with van der Waals surface area (Å²) < 4.78 is 6.33. The van der Waals surface area contributed by atoms with E-state index in [1.807, 2.05) is 37.3 Å². The molecule has 1 unspecified atom stereocenters. The Kier molecular flexibility index (Phi) is 4.01. The van der Waals surface area contributed by atoms with Crippen molar-refractivity contribution < 1.29 is 9.21 Å². The maximum Gasteiger partial charge on any atom is 0.251 e. The van der Waals surface area contributed by atoms with Crippen LogP contribution in [-0.2, 0) is 6.42 Å². The first-order valence-electron chi connectivity index (χ1n) is 6.89. The van der Waals surface area contributed by atoms with Crippen molar-refractivity contribution in [2.75, 3.05) is 0 Å². The summed E-state index contributed by atoms with van der Waals surface area (Å²) in [5.41, 5.74) is 3.40. The Balaban J connectivity index is 1.59. The van der Waals surface area contributed by atoms with E-state index >= 15 is 0 Å². The number of thiazole rings is 1. The van der Waals surface area contributed by atoms with E-state index in [1.54, 1.807) is 23.1 Å². The number of furan rings is 1. The molecule has 2 heterocycles. The highest BCUT2D eigenvalue weighted by molar-refractivity contribution is 7.16. The Morgan fingerprint density at radius 1 is 1.43 bits per heavy atom. The summed E-state index contributed by atoms with van der Waals surface area (Å²) in [7, 11) is 0. The van der Waals surface area contributed by atoms with Crippen molar-refractivity contribution >= 4 is 27.5 Å². The summed E-state index contributed by atoms with van der Waals surface area (Å²) in [6, 6.07) is 9.52. The number of fused-ring (bicyclic) bond motifs is 1. The van der Waals surface area contributed by atoms with Crippen LogP contribution in [0.1, 0.15) is 29.5 Å². The molecule has 1 atom stereocenters. The molecular weight excluding hydrogens is 284 g/mol. The van der Waals surface area contributed by atoms with Crippen molar-refractivity contribution in [3.05, 3.63) is 53.4 Å². The predicted octanol–water partition coefficient (Wildman–Crippen LogP) is 3.64. The third kappa shape index (κ3) is 3.31. The number of hydrogen-bond acceptors (Lipinski definition) is 4. The second kappa shape index (κ2) is 6.10.